The van der Waals surface area contributed by atoms with Crippen molar-refractivity contribution in [1.82, 2.24) is 14.5 Å². The largest absolute Gasteiger partial charge is 0.490 e. The van der Waals surface area contributed by atoms with Crippen LogP contribution >= 0.6 is 23.2 Å². The van der Waals surface area contributed by atoms with Crippen LogP contribution in [-0.4, -0.2) is 26.1 Å². The Labute approximate surface area is 180 Å². The Bertz CT molecular complexity index is 1130. The predicted octanol–water partition coefficient (Wildman–Crippen LogP) is 6.07. The van der Waals surface area contributed by atoms with Crippen LogP contribution < -0.4 is 0 Å². The Morgan fingerprint density at radius 1 is 1.20 bits per heavy atom. The minimum absolute atomic E-state index is 0.0741. The monoisotopic (exact) mass is 459 g/mol. The Balaban J connectivity index is 2.13. The number of carbonyl (C=O) groups excluding carboxylic acids is 1. The summed E-state index contributed by atoms with van der Waals surface area (Å²) in [5.74, 6) is -0.744. The van der Waals surface area contributed by atoms with E-state index in [1.807, 2.05) is 0 Å². The maximum absolute atomic E-state index is 13.8. The van der Waals surface area contributed by atoms with Gasteiger partial charge in [0, 0.05) is 35.5 Å². The van der Waals surface area contributed by atoms with Crippen molar-refractivity contribution < 1.29 is 22.7 Å². The molecular formula is C20H18Cl2F3N3O2. The highest BCUT2D eigenvalue weighted by Gasteiger charge is 2.36. The Hall–Kier alpha value is -2.32. The van der Waals surface area contributed by atoms with Gasteiger partial charge in [-0.1, -0.05) is 23.2 Å². The number of halogens is 5. The maximum atomic E-state index is 13.8. The van der Waals surface area contributed by atoms with Gasteiger partial charge in [-0.3, -0.25) is 0 Å². The minimum atomic E-state index is -4.72. The second-order valence-electron chi connectivity index (χ2n) is 7.74. The van der Waals surface area contributed by atoms with Crippen molar-refractivity contribution >= 4 is 40.2 Å². The van der Waals surface area contributed by atoms with Gasteiger partial charge in [-0.2, -0.15) is 0 Å². The van der Waals surface area contributed by atoms with Gasteiger partial charge >= 0.3 is 12.3 Å². The van der Waals surface area contributed by atoms with Crippen molar-refractivity contribution in [3.63, 3.8) is 0 Å². The normalized spacial score (nSPS) is 12.4. The zero-order chi connectivity index (χ0) is 22.4. The number of hydrogen-bond donors (Lipinski definition) is 0. The van der Waals surface area contributed by atoms with Crippen molar-refractivity contribution in [2.45, 2.75) is 46.0 Å². The molecule has 3 heterocycles. The molecule has 0 unspecified atom stereocenters. The summed E-state index contributed by atoms with van der Waals surface area (Å²) in [4.78, 5) is 20.2. The first-order chi connectivity index (χ1) is 13.8. The summed E-state index contributed by atoms with van der Waals surface area (Å²) in [7, 11) is 0. The lowest BCUT2D eigenvalue weighted by Crippen LogP contribution is -2.24. The number of hydrogen-bond acceptors (Lipinski definition) is 4. The third-order valence-electron chi connectivity index (χ3n) is 4.28. The Kier molecular flexibility index (Phi) is 5.77. The molecule has 0 aromatic carbocycles. The zero-order valence-electron chi connectivity index (χ0n) is 16.6. The fourth-order valence-electron chi connectivity index (χ4n) is 3.01. The molecule has 0 saturated heterocycles. The minimum Gasteiger partial charge on any atom is -0.456 e. The molecule has 0 aliphatic heterocycles. The number of alkyl halides is 3. The summed E-state index contributed by atoms with van der Waals surface area (Å²) in [5.41, 5.74) is -0.483. The van der Waals surface area contributed by atoms with E-state index >= 15 is 0 Å². The molecule has 0 atom stereocenters. The highest BCUT2D eigenvalue weighted by molar-refractivity contribution is 6.37. The fraction of sp³-hybridized carbons (Fsp3) is 0.350. The molecule has 30 heavy (non-hydrogen) atoms. The molecule has 0 saturated carbocycles. The topological polar surface area (TPSA) is 57.0 Å². The van der Waals surface area contributed by atoms with Crippen LogP contribution in [0.2, 0.25) is 10.2 Å². The molecular weight excluding hydrogens is 442 g/mol. The molecule has 0 bridgehead atoms. The molecule has 3 aromatic rings. The number of pyridine rings is 2. The van der Waals surface area contributed by atoms with Gasteiger partial charge in [0.1, 0.15) is 16.4 Å². The maximum Gasteiger partial charge on any atom is 0.490 e. The van der Waals surface area contributed by atoms with E-state index in [1.165, 1.54) is 12.3 Å². The van der Waals surface area contributed by atoms with Crippen molar-refractivity contribution in [3.8, 4) is 0 Å². The lowest BCUT2D eigenvalue weighted by molar-refractivity contribution is -0.202. The van der Waals surface area contributed by atoms with E-state index in [9.17, 15) is 18.0 Å². The van der Waals surface area contributed by atoms with Crippen molar-refractivity contribution in [1.29, 1.82) is 0 Å². The molecule has 0 radical (unpaired) electrons. The van der Waals surface area contributed by atoms with E-state index in [2.05, 4.69) is 9.97 Å². The number of fused-ring (bicyclic) bond motifs is 1. The number of esters is 1. The molecule has 0 spiro atoms. The molecule has 3 aromatic heterocycles. The first-order valence-electron chi connectivity index (χ1n) is 8.89. The number of ether oxygens (including phenoxy) is 1. The van der Waals surface area contributed by atoms with Crippen molar-refractivity contribution in [3.05, 3.63) is 57.1 Å². The van der Waals surface area contributed by atoms with Gasteiger partial charge in [-0.05, 0) is 45.4 Å². The predicted molar refractivity (Wildman–Crippen MR) is 108 cm³/mol. The van der Waals surface area contributed by atoms with Gasteiger partial charge in [0.15, 0.2) is 0 Å². The molecule has 0 fully saturated rings. The smallest absolute Gasteiger partial charge is 0.456 e. The number of carbonyl (C=O) groups is 1. The molecule has 0 amide bonds. The Morgan fingerprint density at radius 2 is 1.87 bits per heavy atom. The molecule has 0 aliphatic rings. The Morgan fingerprint density at radius 3 is 2.47 bits per heavy atom. The molecule has 3 rings (SSSR count). The van der Waals surface area contributed by atoms with Gasteiger partial charge in [-0.25, -0.2) is 19.3 Å². The number of rotatable bonds is 3. The van der Waals surface area contributed by atoms with E-state index < -0.39 is 17.9 Å². The van der Waals surface area contributed by atoms with Crippen LogP contribution in [0.25, 0.3) is 11.0 Å². The number of aryl methyl sites for hydroxylation is 1. The van der Waals surface area contributed by atoms with Gasteiger partial charge in [0.25, 0.3) is 0 Å². The molecule has 0 aliphatic carbocycles. The average Bonchev–Trinajstić information content (AvgIpc) is 2.96. The summed E-state index contributed by atoms with van der Waals surface area (Å²) < 4.78 is 46.9. The van der Waals surface area contributed by atoms with E-state index in [1.54, 1.807) is 33.8 Å². The molecule has 160 valence electrons. The lowest BCUT2D eigenvalue weighted by Gasteiger charge is -2.20. The average molecular weight is 460 g/mol. The first kappa shape index (κ1) is 22.4. The summed E-state index contributed by atoms with van der Waals surface area (Å²) >= 11 is 12.5. The summed E-state index contributed by atoms with van der Waals surface area (Å²) in [6, 6.07) is 3.01. The van der Waals surface area contributed by atoms with Gasteiger partial charge in [0.2, 0.25) is 0 Å². The second kappa shape index (κ2) is 7.74. The summed E-state index contributed by atoms with van der Waals surface area (Å²) in [6.07, 6.45) is -2.56. The second-order valence-corrected chi connectivity index (χ2v) is 8.47. The third kappa shape index (κ3) is 4.39. The molecule has 10 heteroatoms. The van der Waals surface area contributed by atoms with Crippen LogP contribution in [0.5, 0.6) is 0 Å². The van der Waals surface area contributed by atoms with Gasteiger partial charge < -0.3 is 4.74 Å². The lowest BCUT2D eigenvalue weighted by atomic mass is 10.1. The van der Waals surface area contributed by atoms with Crippen molar-refractivity contribution in [2.75, 3.05) is 0 Å². The van der Waals surface area contributed by atoms with E-state index in [4.69, 9.17) is 27.9 Å². The van der Waals surface area contributed by atoms with E-state index in [0.717, 1.165) is 6.20 Å². The van der Waals surface area contributed by atoms with E-state index in [-0.39, 0.29) is 43.6 Å². The zero-order valence-corrected chi connectivity index (χ0v) is 18.1. The fourth-order valence-corrected chi connectivity index (χ4v) is 3.55. The SMILES string of the molecule is Cc1ccnc2c1cc(Cc1c(Cl)ncc(C(=O)OC(C)(C)C)c1Cl)n2C(F)(F)F. The molecule has 5 nitrogen and oxygen atoms in total. The van der Waals surface area contributed by atoms with Crippen LogP contribution in [0.1, 0.15) is 48.0 Å². The molecule has 0 N–H and O–H groups in total. The first-order valence-corrected chi connectivity index (χ1v) is 9.64. The van der Waals surface area contributed by atoms with Crippen LogP contribution in [0.3, 0.4) is 0 Å². The van der Waals surface area contributed by atoms with Crippen LogP contribution in [0.15, 0.2) is 24.5 Å². The highest BCUT2D eigenvalue weighted by atomic mass is 35.5. The number of nitrogens with zero attached hydrogens (tertiary/aromatic N) is 3. The van der Waals surface area contributed by atoms with Gasteiger partial charge in [-0.15, -0.1) is 13.2 Å². The highest BCUT2D eigenvalue weighted by Crippen LogP contribution is 2.36. The third-order valence-corrected chi connectivity index (χ3v) is 5.04. The van der Waals surface area contributed by atoms with Crippen LogP contribution in [0.4, 0.5) is 13.2 Å². The van der Waals surface area contributed by atoms with Crippen molar-refractivity contribution in [2.24, 2.45) is 0 Å². The quantitative estimate of drug-likeness (QED) is 0.352. The van der Waals surface area contributed by atoms with Gasteiger partial charge in [0.05, 0.1) is 10.6 Å². The van der Waals surface area contributed by atoms with Crippen LogP contribution in [0, 0.1) is 6.92 Å². The summed E-state index contributed by atoms with van der Waals surface area (Å²) in [6.45, 7) is 6.74. The summed E-state index contributed by atoms with van der Waals surface area (Å²) in [5, 5.41) is 0.150. The standard InChI is InChI=1S/C20H18Cl2F3N3O2/c1-10-5-6-26-17-12(10)7-11(28(17)20(23,24)25)8-13-15(21)14(9-27-16(13)22)18(29)30-19(2,3)4/h5-7,9H,8H2,1-4H3. The van der Waals surface area contributed by atoms with Crippen LogP contribution in [-0.2, 0) is 17.5 Å². The number of aromatic nitrogens is 3. The van der Waals surface area contributed by atoms with E-state index in [0.29, 0.717) is 10.9 Å².